The van der Waals surface area contributed by atoms with Gasteiger partial charge in [0.1, 0.15) is 17.2 Å². The Morgan fingerprint density at radius 1 is 1.20 bits per heavy atom. The van der Waals surface area contributed by atoms with Crippen molar-refractivity contribution in [3.8, 4) is 0 Å². The zero-order chi connectivity index (χ0) is 19.0. The van der Waals surface area contributed by atoms with Crippen LogP contribution in [0.1, 0.15) is 43.6 Å². The molecule has 1 aromatic rings. The van der Waals surface area contributed by atoms with E-state index in [-0.39, 0.29) is 5.56 Å². The first-order valence-electron chi connectivity index (χ1n) is 7.76. The fourth-order valence-electron chi connectivity index (χ4n) is 2.37. The van der Waals surface area contributed by atoms with Gasteiger partial charge in [-0.05, 0) is 50.9 Å². The summed E-state index contributed by atoms with van der Waals surface area (Å²) in [5.41, 5.74) is -1.56. The molecule has 1 saturated heterocycles. The smallest absolute Gasteiger partial charge is 0.465 e. The van der Waals surface area contributed by atoms with Crippen LogP contribution >= 0.6 is 0 Å². The molecular weight excluding hydrogens is 333 g/mol. The highest BCUT2D eigenvalue weighted by atomic mass is 19.1. The van der Waals surface area contributed by atoms with Crippen molar-refractivity contribution in [3.05, 3.63) is 40.4 Å². The summed E-state index contributed by atoms with van der Waals surface area (Å²) < 4.78 is 44.0. The van der Waals surface area contributed by atoms with Gasteiger partial charge < -0.3 is 19.2 Å². The van der Waals surface area contributed by atoms with Crippen LogP contribution in [-0.2, 0) is 14.0 Å². The molecule has 0 unspecified atom stereocenters. The molecule has 0 spiro atoms. The molecule has 0 atom stereocenters. The summed E-state index contributed by atoms with van der Waals surface area (Å²) >= 11 is 0. The van der Waals surface area contributed by atoms with Crippen molar-refractivity contribution >= 4 is 19.2 Å². The SMILES string of the molecule is COC(=O)c1c(F)cc(C=C(CO)B2OC(C)(C)C(C)(C)O2)cc1F. The number of carbonyl (C=O) groups is 1. The van der Waals surface area contributed by atoms with E-state index in [1.54, 1.807) is 0 Å². The molecule has 1 aliphatic rings. The Labute approximate surface area is 145 Å². The van der Waals surface area contributed by atoms with Crippen LogP contribution in [0.15, 0.2) is 17.6 Å². The number of aliphatic hydroxyl groups excluding tert-OH is 1. The van der Waals surface area contributed by atoms with Gasteiger partial charge in [-0.15, -0.1) is 0 Å². The molecule has 0 saturated carbocycles. The standard InChI is InChI=1S/C17H21BF2O5/c1-16(2)17(3,4)25-18(24-16)11(9-21)6-10-7-12(19)14(13(20)8-10)15(22)23-5/h6-8,21H,9H2,1-5H3. The van der Waals surface area contributed by atoms with Gasteiger partial charge in [0.15, 0.2) is 0 Å². The van der Waals surface area contributed by atoms with Crippen molar-refractivity contribution in [2.75, 3.05) is 13.7 Å². The summed E-state index contributed by atoms with van der Waals surface area (Å²) in [6.07, 6.45) is 1.37. The molecule has 5 nitrogen and oxygen atoms in total. The minimum absolute atomic E-state index is 0.126. The number of halogens is 2. The summed E-state index contributed by atoms with van der Waals surface area (Å²) in [6.45, 7) is 7.00. The fraction of sp³-hybridized carbons (Fsp3) is 0.471. The van der Waals surface area contributed by atoms with Crippen LogP contribution in [0.2, 0.25) is 0 Å². The lowest BCUT2D eigenvalue weighted by Crippen LogP contribution is -2.41. The van der Waals surface area contributed by atoms with Gasteiger partial charge in [-0.25, -0.2) is 13.6 Å². The number of aliphatic hydroxyl groups is 1. The summed E-state index contributed by atoms with van der Waals surface area (Å²) in [6, 6.07) is 1.96. The van der Waals surface area contributed by atoms with Crippen LogP contribution in [0.5, 0.6) is 0 Å². The first kappa shape index (κ1) is 19.6. The third kappa shape index (κ3) is 3.76. The van der Waals surface area contributed by atoms with E-state index in [0.717, 1.165) is 19.2 Å². The number of methoxy groups -OCH3 is 1. The molecule has 1 N–H and O–H groups in total. The lowest BCUT2D eigenvalue weighted by Gasteiger charge is -2.32. The van der Waals surface area contributed by atoms with Gasteiger partial charge in [-0.2, -0.15) is 0 Å². The molecule has 1 aromatic carbocycles. The Morgan fingerprint density at radius 2 is 1.68 bits per heavy atom. The lowest BCUT2D eigenvalue weighted by molar-refractivity contribution is 0.00578. The van der Waals surface area contributed by atoms with E-state index in [4.69, 9.17) is 9.31 Å². The monoisotopic (exact) mass is 354 g/mol. The highest BCUT2D eigenvalue weighted by Gasteiger charge is 2.52. The van der Waals surface area contributed by atoms with Gasteiger partial charge in [-0.1, -0.05) is 6.08 Å². The molecule has 25 heavy (non-hydrogen) atoms. The van der Waals surface area contributed by atoms with E-state index in [0.29, 0.717) is 5.47 Å². The van der Waals surface area contributed by atoms with Crippen molar-refractivity contribution in [1.82, 2.24) is 0 Å². The normalized spacial score (nSPS) is 19.2. The molecule has 0 aromatic heterocycles. The van der Waals surface area contributed by atoms with E-state index in [9.17, 15) is 18.7 Å². The van der Waals surface area contributed by atoms with E-state index in [1.165, 1.54) is 6.08 Å². The Kier molecular flexibility index (Phi) is 5.37. The number of rotatable bonds is 4. The number of hydrogen-bond donors (Lipinski definition) is 1. The van der Waals surface area contributed by atoms with Crippen molar-refractivity contribution in [3.63, 3.8) is 0 Å². The number of hydrogen-bond acceptors (Lipinski definition) is 5. The van der Waals surface area contributed by atoms with Crippen LogP contribution < -0.4 is 0 Å². The minimum atomic E-state index is -1.10. The third-order valence-electron chi connectivity index (χ3n) is 4.54. The van der Waals surface area contributed by atoms with Gasteiger partial charge in [-0.3, -0.25) is 0 Å². The van der Waals surface area contributed by atoms with Crippen molar-refractivity contribution in [2.45, 2.75) is 38.9 Å². The van der Waals surface area contributed by atoms with Crippen molar-refractivity contribution in [1.29, 1.82) is 0 Å². The second-order valence-electron chi connectivity index (χ2n) is 6.82. The van der Waals surface area contributed by atoms with E-state index in [1.807, 2.05) is 27.7 Å². The van der Waals surface area contributed by atoms with Crippen LogP contribution in [-0.4, -0.2) is 43.1 Å². The summed E-state index contributed by atoms with van der Waals surface area (Å²) in [5, 5.41) is 9.62. The number of esters is 1. The molecule has 1 heterocycles. The summed E-state index contributed by atoms with van der Waals surface area (Å²) in [5.74, 6) is -3.20. The predicted octanol–water partition coefficient (Wildman–Crippen LogP) is 2.76. The Bertz CT molecular complexity index is 676. The fourth-order valence-corrected chi connectivity index (χ4v) is 2.37. The van der Waals surface area contributed by atoms with E-state index >= 15 is 0 Å². The maximum atomic E-state index is 14.0. The average molecular weight is 354 g/mol. The van der Waals surface area contributed by atoms with Gasteiger partial charge >= 0.3 is 13.1 Å². The Hall–Kier alpha value is -1.77. The van der Waals surface area contributed by atoms with Crippen molar-refractivity contribution in [2.24, 2.45) is 0 Å². The van der Waals surface area contributed by atoms with Crippen LogP contribution in [0.3, 0.4) is 0 Å². The highest BCUT2D eigenvalue weighted by molar-refractivity contribution is 6.55. The maximum absolute atomic E-state index is 14.0. The topological polar surface area (TPSA) is 65.0 Å². The van der Waals surface area contributed by atoms with E-state index in [2.05, 4.69) is 4.74 Å². The van der Waals surface area contributed by atoms with Crippen molar-refractivity contribution < 1.29 is 32.7 Å². The molecule has 0 aliphatic carbocycles. The Balaban J connectivity index is 2.37. The number of ether oxygens (including phenoxy) is 1. The molecule has 2 rings (SSSR count). The zero-order valence-corrected chi connectivity index (χ0v) is 14.9. The quantitative estimate of drug-likeness (QED) is 0.665. The number of benzene rings is 1. The Morgan fingerprint density at radius 3 is 2.08 bits per heavy atom. The predicted molar refractivity (Wildman–Crippen MR) is 88.8 cm³/mol. The van der Waals surface area contributed by atoms with Crippen LogP contribution in [0.25, 0.3) is 6.08 Å². The third-order valence-corrected chi connectivity index (χ3v) is 4.54. The first-order valence-corrected chi connectivity index (χ1v) is 7.76. The second-order valence-corrected chi connectivity index (χ2v) is 6.82. The first-order chi connectivity index (χ1) is 11.5. The summed E-state index contributed by atoms with van der Waals surface area (Å²) in [4.78, 5) is 11.4. The van der Waals surface area contributed by atoms with Gasteiger partial charge in [0, 0.05) is 0 Å². The zero-order valence-electron chi connectivity index (χ0n) is 14.9. The molecule has 0 radical (unpaired) electrons. The van der Waals surface area contributed by atoms with Gasteiger partial charge in [0.05, 0.1) is 24.9 Å². The van der Waals surface area contributed by atoms with Gasteiger partial charge in [0.25, 0.3) is 0 Å². The van der Waals surface area contributed by atoms with Crippen LogP contribution in [0, 0.1) is 11.6 Å². The lowest BCUT2D eigenvalue weighted by atomic mass is 9.77. The largest absolute Gasteiger partial charge is 0.492 e. The molecule has 1 aliphatic heterocycles. The molecule has 1 fully saturated rings. The average Bonchev–Trinajstić information content (AvgIpc) is 2.71. The molecular formula is C17H21BF2O5. The second kappa shape index (κ2) is 6.86. The van der Waals surface area contributed by atoms with Crippen LogP contribution in [0.4, 0.5) is 8.78 Å². The maximum Gasteiger partial charge on any atom is 0.492 e. The highest BCUT2D eigenvalue weighted by Crippen LogP contribution is 2.38. The number of carbonyl (C=O) groups excluding carboxylic acids is 1. The molecule has 136 valence electrons. The molecule has 0 amide bonds. The molecule has 0 bridgehead atoms. The van der Waals surface area contributed by atoms with E-state index < -0.39 is 48.1 Å². The molecule has 8 heteroatoms. The van der Waals surface area contributed by atoms with Gasteiger partial charge in [0.2, 0.25) is 0 Å². The summed E-state index contributed by atoms with van der Waals surface area (Å²) in [7, 11) is 0.193. The minimum Gasteiger partial charge on any atom is -0.465 e.